The molecule has 0 fully saturated rings. The third-order valence-corrected chi connectivity index (χ3v) is 8.29. The van der Waals surface area contributed by atoms with Crippen molar-refractivity contribution in [2.24, 2.45) is 0 Å². The molecule has 52 heavy (non-hydrogen) atoms. The zero-order valence-corrected chi connectivity index (χ0v) is 32.9. The van der Waals surface area contributed by atoms with Crippen LogP contribution in [0.25, 0.3) is 0 Å². The molecule has 3 N–H and O–H groups in total. The topological polar surface area (TPSA) is 140 Å². The molecule has 0 saturated carbocycles. The van der Waals surface area contributed by atoms with Crippen molar-refractivity contribution in [3.8, 4) is 0 Å². The van der Waals surface area contributed by atoms with Gasteiger partial charge < -0.3 is 24.4 Å². The first-order valence-electron chi connectivity index (χ1n) is 19.5. The molecule has 0 aliphatic carbocycles. The molecule has 0 aliphatic heterocycles. The van der Waals surface area contributed by atoms with Gasteiger partial charge in [-0.15, -0.1) is 0 Å². The van der Waals surface area contributed by atoms with Gasteiger partial charge in [-0.2, -0.15) is 0 Å². The van der Waals surface area contributed by atoms with Crippen molar-refractivity contribution in [3.05, 3.63) is 85.1 Å². The van der Waals surface area contributed by atoms with Gasteiger partial charge in [-0.1, -0.05) is 137 Å². The number of phosphoric ester groups is 1. The molecule has 0 radical (unpaired) electrons. The summed E-state index contributed by atoms with van der Waals surface area (Å²) in [6.45, 7) is 3.25. The predicted octanol–water partition coefficient (Wildman–Crippen LogP) is 10.6. The Hall–Kier alpha value is -2.81. The maximum atomic E-state index is 12.4. The fraction of sp³-hybridized carbons (Fsp3) is 0.619. The number of carbonyl (C=O) groups excluding carboxylic acids is 2. The van der Waals surface area contributed by atoms with Crippen LogP contribution in [0.1, 0.15) is 142 Å². The van der Waals surface area contributed by atoms with E-state index in [4.69, 9.17) is 19.3 Å². The van der Waals surface area contributed by atoms with E-state index in [-0.39, 0.29) is 25.6 Å². The normalized spacial score (nSPS) is 14.0. The summed E-state index contributed by atoms with van der Waals surface area (Å²) >= 11 is 0. The average molecular weight is 749 g/mol. The van der Waals surface area contributed by atoms with Crippen LogP contribution in [0.5, 0.6) is 0 Å². The number of esters is 2. The molecule has 0 aromatic carbocycles. The van der Waals surface area contributed by atoms with E-state index in [9.17, 15) is 19.3 Å². The van der Waals surface area contributed by atoms with Crippen molar-refractivity contribution in [1.82, 2.24) is 0 Å². The summed E-state index contributed by atoms with van der Waals surface area (Å²) in [6, 6.07) is 0. The molecule has 0 aromatic rings. The first kappa shape index (κ1) is 49.2. The zero-order valence-electron chi connectivity index (χ0n) is 32.0. The number of hydrogen-bond acceptors (Lipinski definition) is 7. The Balaban J connectivity index is 4.11. The van der Waals surface area contributed by atoms with Gasteiger partial charge in [0.2, 0.25) is 0 Å². The zero-order chi connectivity index (χ0) is 38.4. The van der Waals surface area contributed by atoms with Gasteiger partial charge in [0.25, 0.3) is 0 Å². The van der Waals surface area contributed by atoms with Crippen LogP contribution >= 0.6 is 7.82 Å². The highest BCUT2D eigenvalue weighted by molar-refractivity contribution is 7.46. The molecule has 0 bridgehead atoms. The summed E-state index contributed by atoms with van der Waals surface area (Å²) in [5.41, 5.74) is 0. The van der Waals surface area contributed by atoms with E-state index in [2.05, 4.69) is 60.1 Å². The van der Waals surface area contributed by atoms with Crippen LogP contribution in [0, 0.1) is 0 Å². The van der Waals surface area contributed by atoms with Crippen LogP contribution in [0.2, 0.25) is 0 Å². The molecule has 10 heteroatoms. The lowest BCUT2D eigenvalue weighted by atomic mass is 10.1. The number of rotatable bonds is 34. The summed E-state index contributed by atoms with van der Waals surface area (Å²) in [6.07, 6.45) is 45.4. The van der Waals surface area contributed by atoms with Crippen LogP contribution in [0.15, 0.2) is 85.1 Å². The molecule has 2 atom stereocenters. The Bertz CT molecular complexity index is 1130. The third kappa shape index (κ3) is 38.4. The minimum Gasteiger partial charge on any atom is -0.462 e. The number of carbonyl (C=O) groups is 2. The lowest BCUT2D eigenvalue weighted by Gasteiger charge is -2.18. The summed E-state index contributed by atoms with van der Waals surface area (Å²) in [5, 5.41) is 9.45. The van der Waals surface area contributed by atoms with Crippen molar-refractivity contribution in [3.63, 3.8) is 0 Å². The number of phosphoric acid groups is 1. The molecule has 9 nitrogen and oxygen atoms in total. The monoisotopic (exact) mass is 748 g/mol. The first-order valence-corrected chi connectivity index (χ1v) is 21.0. The van der Waals surface area contributed by atoms with E-state index < -0.39 is 32.5 Å². The SMILES string of the molecule is CCCCC/C=C\C/C=C\CCCCCCCCC(=O)O[C@H](COC(=O)CCC/C=C\C/C=C\C/C=C\C/C=C\C=C\[C@@H](O)CC)COP(=O)(O)O. The molecule has 0 amide bonds. The van der Waals surface area contributed by atoms with Crippen molar-refractivity contribution >= 4 is 19.8 Å². The quantitative estimate of drug-likeness (QED) is 0.0193. The average Bonchev–Trinajstić information content (AvgIpc) is 3.11. The Morgan fingerprint density at radius 1 is 0.596 bits per heavy atom. The number of unbranched alkanes of at least 4 members (excludes halogenated alkanes) is 10. The second-order valence-electron chi connectivity index (χ2n) is 12.7. The minimum absolute atomic E-state index is 0.168. The Kier molecular flexibility index (Phi) is 34.6. The highest BCUT2D eigenvalue weighted by atomic mass is 31.2. The Labute approximate surface area is 314 Å². The molecular weight excluding hydrogens is 679 g/mol. The van der Waals surface area contributed by atoms with Gasteiger partial charge in [-0.25, -0.2) is 4.57 Å². The fourth-order valence-corrected chi connectivity index (χ4v) is 5.10. The van der Waals surface area contributed by atoms with Gasteiger partial charge in [-0.05, 0) is 77.0 Å². The van der Waals surface area contributed by atoms with Crippen LogP contribution in [-0.2, 0) is 28.2 Å². The molecule has 0 spiro atoms. The first-order chi connectivity index (χ1) is 25.2. The molecule has 0 heterocycles. The molecule has 0 rings (SSSR count). The van der Waals surface area contributed by atoms with Crippen LogP contribution in [0.4, 0.5) is 0 Å². The van der Waals surface area contributed by atoms with Crippen molar-refractivity contribution < 1.29 is 43.0 Å². The van der Waals surface area contributed by atoms with E-state index in [0.717, 1.165) is 64.2 Å². The van der Waals surface area contributed by atoms with Crippen LogP contribution in [-0.4, -0.2) is 52.3 Å². The molecule has 296 valence electrons. The van der Waals surface area contributed by atoms with E-state index in [1.165, 1.54) is 25.7 Å². The standard InChI is InChI=1S/C42H69O9P/c1-3-5-6-7-8-9-10-11-12-13-18-21-24-27-30-33-36-42(45)51-40(38-50-52(46,47)48)37-49-41(44)35-32-29-26-23-20-17-15-14-16-19-22-25-28-31-34-39(43)4-2/h8-9,11-12,15-17,19,23,25-26,28,31,34,39-40,43H,3-7,10,13-14,18,20-22,24,27,29-30,32-33,35-38H2,1-2H3,(H2,46,47,48)/b9-8-,12-11-,17-15-,19-16-,26-23-,28-25-,34-31+/t39-,40+/m0/s1. The second-order valence-corrected chi connectivity index (χ2v) is 14.0. The van der Waals surface area contributed by atoms with E-state index >= 15 is 0 Å². The van der Waals surface area contributed by atoms with Crippen LogP contribution < -0.4 is 0 Å². The maximum Gasteiger partial charge on any atom is 0.469 e. The lowest BCUT2D eigenvalue weighted by Crippen LogP contribution is -2.29. The van der Waals surface area contributed by atoms with Crippen LogP contribution in [0.3, 0.4) is 0 Å². The van der Waals surface area contributed by atoms with Gasteiger partial charge in [0.05, 0.1) is 12.7 Å². The summed E-state index contributed by atoms with van der Waals surface area (Å²) < 4.78 is 26.3. The summed E-state index contributed by atoms with van der Waals surface area (Å²) in [5.74, 6) is -0.993. The highest BCUT2D eigenvalue weighted by Crippen LogP contribution is 2.36. The van der Waals surface area contributed by atoms with Gasteiger partial charge in [0.15, 0.2) is 6.10 Å². The summed E-state index contributed by atoms with van der Waals surface area (Å²) in [7, 11) is -4.78. The fourth-order valence-electron chi connectivity index (χ4n) is 4.74. The Morgan fingerprint density at radius 2 is 1.10 bits per heavy atom. The maximum absolute atomic E-state index is 12.4. The van der Waals surface area contributed by atoms with Gasteiger partial charge in [0, 0.05) is 12.8 Å². The third-order valence-electron chi connectivity index (χ3n) is 7.81. The van der Waals surface area contributed by atoms with Crippen molar-refractivity contribution in [1.29, 1.82) is 0 Å². The highest BCUT2D eigenvalue weighted by Gasteiger charge is 2.22. The van der Waals surface area contributed by atoms with E-state index in [1.807, 2.05) is 37.3 Å². The van der Waals surface area contributed by atoms with E-state index in [1.54, 1.807) is 6.08 Å². The largest absolute Gasteiger partial charge is 0.469 e. The molecular formula is C42H69O9P. The number of ether oxygens (including phenoxy) is 2. The Morgan fingerprint density at radius 3 is 1.67 bits per heavy atom. The molecule has 0 aliphatic rings. The second kappa shape index (κ2) is 36.5. The van der Waals surface area contributed by atoms with Gasteiger partial charge in [-0.3, -0.25) is 14.1 Å². The van der Waals surface area contributed by atoms with Gasteiger partial charge in [0.1, 0.15) is 6.61 Å². The van der Waals surface area contributed by atoms with Crippen molar-refractivity contribution in [2.45, 2.75) is 154 Å². The van der Waals surface area contributed by atoms with Gasteiger partial charge >= 0.3 is 19.8 Å². The van der Waals surface area contributed by atoms with E-state index in [0.29, 0.717) is 25.7 Å². The minimum atomic E-state index is -4.78. The molecule has 0 saturated heterocycles. The molecule has 0 unspecified atom stereocenters. The summed E-state index contributed by atoms with van der Waals surface area (Å²) in [4.78, 5) is 42.7. The predicted molar refractivity (Wildman–Crippen MR) is 213 cm³/mol. The number of aliphatic hydroxyl groups excluding tert-OH is 1. The number of allylic oxidation sites excluding steroid dienone is 13. The smallest absolute Gasteiger partial charge is 0.462 e. The lowest BCUT2D eigenvalue weighted by molar-refractivity contribution is -0.161. The molecule has 0 aromatic heterocycles. The number of aliphatic hydroxyl groups is 1. The van der Waals surface area contributed by atoms with Crippen molar-refractivity contribution in [2.75, 3.05) is 13.2 Å². The number of hydrogen-bond donors (Lipinski definition) is 3.